The van der Waals surface area contributed by atoms with E-state index in [1.54, 1.807) is 0 Å². The zero-order valence-electron chi connectivity index (χ0n) is 27.8. The molecule has 0 bridgehead atoms. The van der Waals surface area contributed by atoms with Crippen LogP contribution in [-0.4, -0.2) is 63.6 Å². The van der Waals surface area contributed by atoms with Crippen molar-refractivity contribution < 1.29 is 39.2 Å². The van der Waals surface area contributed by atoms with E-state index in [1.165, 1.54) is 57.4 Å². The van der Waals surface area contributed by atoms with Gasteiger partial charge in [-0.05, 0) is 74.7 Å². The minimum absolute atomic E-state index is 0.187. The third-order valence-electron chi connectivity index (χ3n) is 13.2. The van der Waals surface area contributed by atoms with E-state index in [1.807, 2.05) is 6.92 Å². The Morgan fingerprint density at radius 3 is 2.24 bits per heavy atom. The van der Waals surface area contributed by atoms with E-state index in [0.717, 1.165) is 31.1 Å². The van der Waals surface area contributed by atoms with Crippen molar-refractivity contribution in [2.24, 2.45) is 28.6 Å². The highest BCUT2D eigenvalue weighted by atomic mass is 16.5. The summed E-state index contributed by atoms with van der Waals surface area (Å²) in [6.45, 7) is 4.35. The molecule has 8 heteroatoms. The first-order valence-electron chi connectivity index (χ1n) is 18.2. The number of unbranched alkanes of at least 4 members (excludes halogenated alkanes) is 10. The van der Waals surface area contributed by atoms with E-state index in [2.05, 4.69) is 6.92 Å². The average molecular weight is 631 g/mol. The molecule has 5 aliphatic rings. The summed E-state index contributed by atoms with van der Waals surface area (Å²) in [5.41, 5.74) is -3.76. The quantitative estimate of drug-likeness (QED) is 0.112. The number of aldehydes is 1. The highest BCUT2D eigenvalue weighted by Gasteiger charge is 2.74. The van der Waals surface area contributed by atoms with Crippen LogP contribution in [0.4, 0.5) is 0 Å². The molecule has 3 N–H and O–H groups in total. The monoisotopic (exact) mass is 630 g/mol. The van der Waals surface area contributed by atoms with Crippen LogP contribution in [0.1, 0.15) is 142 Å². The average Bonchev–Trinajstić information content (AvgIpc) is 3.56. The molecule has 1 aliphatic heterocycles. The summed E-state index contributed by atoms with van der Waals surface area (Å²) >= 11 is 0. The van der Waals surface area contributed by atoms with E-state index in [9.17, 15) is 29.7 Å². The summed E-state index contributed by atoms with van der Waals surface area (Å²) in [6.07, 6.45) is 18.1. The Morgan fingerprint density at radius 1 is 0.956 bits per heavy atom. The lowest BCUT2D eigenvalue weighted by Gasteiger charge is -2.66. The number of carbonyl (C=O) groups is 3. The summed E-state index contributed by atoms with van der Waals surface area (Å²) < 4.78 is 11.0. The van der Waals surface area contributed by atoms with Gasteiger partial charge >= 0.3 is 11.9 Å². The molecule has 0 radical (unpaired) electrons. The van der Waals surface area contributed by atoms with Crippen LogP contribution in [0.15, 0.2) is 11.6 Å². The van der Waals surface area contributed by atoms with Crippen molar-refractivity contribution in [3.8, 4) is 0 Å². The number of aliphatic hydroxyl groups excluding tert-OH is 1. The van der Waals surface area contributed by atoms with Crippen molar-refractivity contribution in [1.82, 2.24) is 0 Å². The Balaban J connectivity index is 1.14. The van der Waals surface area contributed by atoms with Gasteiger partial charge in [-0.25, -0.2) is 4.79 Å². The zero-order valence-corrected chi connectivity index (χ0v) is 27.8. The lowest BCUT2D eigenvalue weighted by atomic mass is 9.41. The predicted molar refractivity (Wildman–Crippen MR) is 170 cm³/mol. The molecule has 4 saturated carbocycles. The summed E-state index contributed by atoms with van der Waals surface area (Å²) in [5, 5.41) is 36.2. The number of carbonyl (C=O) groups excluding carboxylic acids is 3. The molecule has 0 amide bonds. The molecule has 0 unspecified atom stereocenters. The Morgan fingerprint density at radius 2 is 1.62 bits per heavy atom. The Hall–Kier alpha value is -1.77. The first kappa shape index (κ1) is 34.6. The number of fused-ring (bicyclic) bond motifs is 5. The minimum atomic E-state index is -1.36. The molecule has 1 heterocycles. The molecular weight excluding hydrogens is 572 g/mol. The molecule has 4 aliphatic carbocycles. The van der Waals surface area contributed by atoms with Crippen LogP contribution in [0.2, 0.25) is 0 Å². The van der Waals surface area contributed by atoms with Crippen LogP contribution in [-0.2, 0) is 23.9 Å². The van der Waals surface area contributed by atoms with Gasteiger partial charge in [0.2, 0.25) is 0 Å². The summed E-state index contributed by atoms with van der Waals surface area (Å²) in [6, 6.07) is 0. The second kappa shape index (κ2) is 14.1. The fourth-order valence-corrected chi connectivity index (χ4v) is 10.6. The highest BCUT2D eigenvalue weighted by molar-refractivity contribution is 5.85. The summed E-state index contributed by atoms with van der Waals surface area (Å²) in [4.78, 5) is 37.6. The maximum Gasteiger partial charge on any atom is 0.331 e. The largest absolute Gasteiger partial charge is 0.462 e. The molecule has 45 heavy (non-hydrogen) atoms. The predicted octanol–water partition coefficient (Wildman–Crippen LogP) is 6.12. The van der Waals surface area contributed by atoms with E-state index < -0.39 is 34.2 Å². The number of rotatable bonds is 15. The molecular formula is C37H58O8. The fourth-order valence-electron chi connectivity index (χ4n) is 10.6. The number of ether oxygens (including phenoxy) is 2. The van der Waals surface area contributed by atoms with Gasteiger partial charge in [0.15, 0.2) is 0 Å². The Labute approximate surface area is 269 Å². The van der Waals surface area contributed by atoms with Gasteiger partial charge in [0.05, 0.1) is 22.7 Å². The van der Waals surface area contributed by atoms with Crippen LogP contribution in [0.5, 0.6) is 0 Å². The lowest BCUT2D eigenvalue weighted by Crippen LogP contribution is -2.71. The van der Waals surface area contributed by atoms with Gasteiger partial charge in [-0.2, -0.15) is 0 Å². The van der Waals surface area contributed by atoms with Crippen molar-refractivity contribution in [1.29, 1.82) is 0 Å². The number of hydrogen-bond acceptors (Lipinski definition) is 8. The van der Waals surface area contributed by atoms with Crippen LogP contribution in [0, 0.1) is 28.6 Å². The topological polar surface area (TPSA) is 130 Å². The molecule has 0 aromatic rings. The van der Waals surface area contributed by atoms with E-state index >= 15 is 0 Å². The Kier molecular flexibility index (Phi) is 10.9. The second-order valence-corrected chi connectivity index (χ2v) is 15.5. The SMILES string of the molecule is CCCCCCCCCCCCCC(=O)O[C@H]1CC[C@]2(C=O)[C@H]3C[C@@H](O)[C@]4(C)[C@@H](C5=CC(=O)OC5)CC[C@]4(O)[C@@H]3CC[C@]2(O)C1. The normalized spacial score (nSPS) is 40.6. The molecule has 254 valence electrons. The van der Waals surface area contributed by atoms with Gasteiger partial charge in [0.1, 0.15) is 19.0 Å². The van der Waals surface area contributed by atoms with E-state index in [4.69, 9.17) is 9.47 Å². The molecule has 8 nitrogen and oxygen atoms in total. The van der Waals surface area contributed by atoms with Crippen molar-refractivity contribution in [3.05, 3.63) is 11.6 Å². The zero-order chi connectivity index (χ0) is 32.3. The Bertz CT molecular complexity index is 1100. The summed E-state index contributed by atoms with van der Waals surface area (Å²) in [5.74, 6) is -1.45. The number of aliphatic hydroxyl groups is 3. The summed E-state index contributed by atoms with van der Waals surface area (Å²) in [7, 11) is 0. The molecule has 0 spiro atoms. The van der Waals surface area contributed by atoms with Crippen LogP contribution >= 0.6 is 0 Å². The minimum Gasteiger partial charge on any atom is -0.462 e. The van der Waals surface area contributed by atoms with E-state index in [-0.39, 0.29) is 42.7 Å². The lowest BCUT2D eigenvalue weighted by molar-refractivity contribution is -0.271. The second-order valence-electron chi connectivity index (χ2n) is 15.5. The number of cyclic esters (lactones) is 1. The van der Waals surface area contributed by atoms with Gasteiger partial charge in [-0.3, -0.25) is 4.79 Å². The number of esters is 2. The first-order valence-corrected chi connectivity index (χ1v) is 18.2. The van der Waals surface area contributed by atoms with Crippen molar-refractivity contribution in [3.63, 3.8) is 0 Å². The van der Waals surface area contributed by atoms with Gasteiger partial charge in [-0.1, -0.05) is 78.1 Å². The van der Waals surface area contributed by atoms with Crippen LogP contribution < -0.4 is 0 Å². The van der Waals surface area contributed by atoms with Crippen molar-refractivity contribution >= 4 is 18.2 Å². The molecule has 0 aromatic carbocycles. The molecule has 0 aromatic heterocycles. The highest BCUT2D eigenvalue weighted by Crippen LogP contribution is 2.70. The third kappa shape index (κ3) is 6.29. The van der Waals surface area contributed by atoms with Crippen LogP contribution in [0.3, 0.4) is 0 Å². The molecule has 4 fully saturated rings. The third-order valence-corrected chi connectivity index (χ3v) is 13.2. The van der Waals surface area contributed by atoms with Gasteiger partial charge in [0, 0.05) is 24.3 Å². The molecule has 9 atom stereocenters. The standard InChI is InChI=1S/C37H58O8/c1-3-4-5-6-7-8-9-10-11-12-13-14-32(40)45-27-15-18-35(25-38)30-22-31(39)34(2)28(26-21-33(41)44-24-26)17-20-37(34,43)29(30)16-19-36(35,42)23-27/h21,25,27-31,39,42-43H,3-20,22-24H2,1-2H3/t27-,28+,29+,30-,31+,34-,35-,36-,37-/m0/s1. The van der Waals surface area contributed by atoms with Gasteiger partial charge in [0.25, 0.3) is 0 Å². The smallest absolute Gasteiger partial charge is 0.331 e. The van der Waals surface area contributed by atoms with Crippen LogP contribution in [0.25, 0.3) is 0 Å². The fraction of sp³-hybridized carbons (Fsp3) is 0.865. The van der Waals surface area contributed by atoms with Crippen molar-refractivity contribution in [2.45, 2.75) is 166 Å². The van der Waals surface area contributed by atoms with E-state index in [0.29, 0.717) is 51.4 Å². The maximum absolute atomic E-state index is 13.0. The first-order chi connectivity index (χ1) is 21.5. The van der Waals surface area contributed by atoms with Gasteiger partial charge < -0.3 is 29.6 Å². The molecule has 5 rings (SSSR count). The maximum atomic E-state index is 13.0. The molecule has 0 saturated heterocycles. The van der Waals surface area contributed by atoms with Gasteiger partial charge in [-0.15, -0.1) is 0 Å². The van der Waals surface area contributed by atoms with Crippen molar-refractivity contribution in [2.75, 3.05) is 6.61 Å². The number of hydrogen-bond donors (Lipinski definition) is 3.